The molecule has 0 aromatic heterocycles. The summed E-state index contributed by atoms with van der Waals surface area (Å²) in [6, 6.07) is 5.11. The molecule has 0 bridgehead atoms. The fourth-order valence-electron chi connectivity index (χ4n) is 3.11. The first-order valence-corrected chi connectivity index (χ1v) is 7.03. The quantitative estimate of drug-likeness (QED) is 0.770. The van der Waals surface area contributed by atoms with E-state index in [0.717, 1.165) is 32.6 Å². The van der Waals surface area contributed by atoms with Crippen LogP contribution in [0.2, 0.25) is 5.02 Å². The van der Waals surface area contributed by atoms with Crippen molar-refractivity contribution < 1.29 is 4.79 Å². The zero-order valence-electron chi connectivity index (χ0n) is 10.8. The molecule has 1 atom stereocenters. The van der Waals surface area contributed by atoms with Gasteiger partial charge in [0.05, 0.1) is 10.7 Å². The predicted molar refractivity (Wildman–Crippen MR) is 76.3 cm³/mol. The van der Waals surface area contributed by atoms with Gasteiger partial charge in [0, 0.05) is 30.6 Å². The third-order valence-electron chi connectivity index (χ3n) is 4.30. The first-order valence-electron chi connectivity index (χ1n) is 6.65. The number of likely N-dealkylation sites (tertiary alicyclic amines) is 1. The molecule has 2 heterocycles. The van der Waals surface area contributed by atoms with E-state index in [9.17, 15) is 4.79 Å². The molecule has 4 nitrogen and oxygen atoms in total. The molecular weight excluding hydrogens is 262 g/mol. The number of hydrogen-bond donors (Lipinski definition) is 2. The van der Waals surface area contributed by atoms with Crippen LogP contribution < -0.4 is 11.1 Å². The van der Waals surface area contributed by atoms with Gasteiger partial charge in [-0.1, -0.05) is 11.6 Å². The number of nitrogens with two attached hydrogens (primary N) is 1. The van der Waals surface area contributed by atoms with Crippen LogP contribution in [0.25, 0.3) is 0 Å². The number of carbonyl (C=O) groups excluding carboxylic acids is 1. The molecule has 19 heavy (non-hydrogen) atoms. The normalized spacial score (nSPS) is 26.3. The number of rotatable bonds is 1. The topological polar surface area (TPSA) is 58.4 Å². The number of benzene rings is 1. The van der Waals surface area contributed by atoms with Crippen LogP contribution in [0, 0.1) is 5.41 Å². The zero-order chi connectivity index (χ0) is 13.5. The van der Waals surface area contributed by atoms with Gasteiger partial charge in [-0.2, -0.15) is 0 Å². The smallest absolute Gasteiger partial charge is 0.253 e. The number of nitrogen functional groups attached to an aromatic ring is 1. The number of halogens is 1. The van der Waals surface area contributed by atoms with E-state index in [2.05, 4.69) is 5.32 Å². The molecule has 5 heteroatoms. The Kier molecular flexibility index (Phi) is 3.15. The molecule has 3 N–H and O–H groups in total. The van der Waals surface area contributed by atoms with E-state index in [-0.39, 0.29) is 5.91 Å². The first kappa shape index (κ1) is 12.8. The maximum atomic E-state index is 12.5. The molecule has 0 radical (unpaired) electrons. The Morgan fingerprint density at radius 1 is 1.42 bits per heavy atom. The molecule has 3 rings (SSSR count). The Morgan fingerprint density at radius 2 is 2.26 bits per heavy atom. The van der Waals surface area contributed by atoms with Crippen LogP contribution in [0.3, 0.4) is 0 Å². The maximum absolute atomic E-state index is 12.5. The molecule has 102 valence electrons. The molecule has 1 aromatic rings. The molecule has 2 fully saturated rings. The molecule has 1 spiro atoms. The molecule has 0 aliphatic carbocycles. The number of amides is 1. The fourth-order valence-corrected chi connectivity index (χ4v) is 3.23. The van der Waals surface area contributed by atoms with Crippen LogP contribution >= 0.6 is 11.6 Å². The van der Waals surface area contributed by atoms with Gasteiger partial charge in [-0.25, -0.2) is 0 Å². The van der Waals surface area contributed by atoms with E-state index in [1.54, 1.807) is 18.2 Å². The molecule has 1 unspecified atom stereocenters. The van der Waals surface area contributed by atoms with E-state index in [0.29, 0.717) is 21.7 Å². The number of carbonyl (C=O) groups is 1. The Morgan fingerprint density at radius 3 is 2.95 bits per heavy atom. The van der Waals surface area contributed by atoms with Crippen molar-refractivity contribution in [2.45, 2.75) is 12.8 Å². The molecule has 2 aliphatic rings. The van der Waals surface area contributed by atoms with Gasteiger partial charge in [0.1, 0.15) is 0 Å². The molecule has 2 saturated heterocycles. The highest BCUT2D eigenvalue weighted by Gasteiger charge is 2.41. The SMILES string of the molecule is Nc1cc(C(=O)N2CCC3(CCNC3)C2)ccc1Cl. The van der Waals surface area contributed by atoms with Crippen LogP contribution in [0.1, 0.15) is 23.2 Å². The van der Waals surface area contributed by atoms with Crippen molar-refractivity contribution in [3.8, 4) is 0 Å². The fraction of sp³-hybridized carbons (Fsp3) is 0.500. The number of hydrogen-bond acceptors (Lipinski definition) is 3. The number of anilines is 1. The Labute approximate surface area is 117 Å². The van der Waals surface area contributed by atoms with Crippen LogP contribution in [-0.4, -0.2) is 37.0 Å². The first-order chi connectivity index (χ1) is 9.10. The standard InChI is InChI=1S/C14H18ClN3O/c15-11-2-1-10(7-12(11)16)13(19)18-6-4-14(9-18)3-5-17-8-14/h1-2,7,17H,3-6,8-9,16H2. The van der Waals surface area contributed by atoms with Crippen LogP contribution in [0.15, 0.2) is 18.2 Å². The lowest BCUT2D eigenvalue weighted by molar-refractivity contribution is 0.0776. The van der Waals surface area contributed by atoms with Gasteiger partial charge in [0.25, 0.3) is 5.91 Å². The van der Waals surface area contributed by atoms with Gasteiger partial charge in [-0.05, 0) is 37.6 Å². The van der Waals surface area contributed by atoms with E-state index in [4.69, 9.17) is 17.3 Å². The summed E-state index contributed by atoms with van der Waals surface area (Å²) in [5.74, 6) is 0.0622. The van der Waals surface area contributed by atoms with Crippen LogP contribution in [-0.2, 0) is 0 Å². The third-order valence-corrected chi connectivity index (χ3v) is 4.64. The molecular formula is C14H18ClN3O. The van der Waals surface area contributed by atoms with Crippen molar-refractivity contribution in [2.75, 3.05) is 31.9 Å². The van der Waals surface area contributed by atoms with Gasteiger partial charge in [-0.3, -0.25) is 4.79 Å². The maximum Gasteiger partial charge on any atom is 0.253 e. The second-order valence-corrected chi connectivity index (χ2v) is 6.05. The molecule has 1 aromatic carbocycles. The van der Waals surface area contributed by atoms with Crippen molar-refractivity contribution in [2.24, 2.45) is 5.41 Å². The highest BCUT2D eigenvalue weighted by molar-refractivity contribution is 6.33. The lowest BCUT2D eigenvalue weighted by Crippen LogP contribution is -2.33. The van der Waals surface area contributed by atoms with Gasteiger partial charge < -0.3 is 16.0 Å². The summed E-state index contributed by atoms with van der Waals surface area (Å²) < 4.78 is 0. The number of nitrogens with one attached hydrogen (secondary N) is 1. The monoisotopic (exact) mass is 279 g/mol. The van der Waals surface area contributed by atoms with Crippen LogP contribution in [0.5, 0.6) is 0 Å². The predicted octanol–water partition coefficient (Wildman–Crippen LogP) is 1.75. The Hall–Kier alpha value is -1.26. The van der Waals surface area contributed by atoms with Crippen LogP contribution in [0.4, 0.5) is 5.69 Å². The third kappa shape index (κ3) is 2.30. The minimum Gasteiger partial charge on any atom is -0.398 e. The van der Waals surface area contributed by atoms with E-state index >= 15 is 0 Å². The van der Waals surface area contributed by atoms with Gasteiger partial charge >= 0.3 is 0 Å². The summed E-state index contributed by atoms with van der Waals surface area (Å²) in [4.78, 5) is 14.4. The van der Waals surface area contributed by atoms with Crippen molar-refractivity contribution >= 4 is 23.2 Å². The average Bonchev–Trinajstić information content (AvgIpc) is 3.03. The van der Waals surface area contributed by atoms with Gasteiger partial charge in [-0.15, -0.1) is 0 Å². The Balaban J connectivity index is 1.76. The summed E-state index contributed by atoms with van der Waals surface area (Å²) in [7, 11) is 0. The van der Waals surface area contributed by atoms with E-state index in [1.807, 2.05) is 4.90 Å². The summed E-state index contributed by atoms with van der Waals surface area (Å²) in [5, 5.41) is 3.89. The van der Waals surface area contributed by atoms with Crippen molar-refractivity contribution in [1.29, 1.82) is 0 Å². The molecule has 1 amide bonds. The highest BCUT2D eigenvalue weighted by atomic mass is 35.5. The Bertz CT molecular complexity index is 511. The lowest BCUT2D eigenvalue weighted by Gasteiger charge is -2.22. The molecule has 2 aliphatic heterocycles. The van der Waals surface area contributed by atoms with Crippen molar-refractivity contribution in [3.63, 3.8) is 0 Å². The second kappa shape index (κ2) is 4.69. The number of nitrogens with zero attached hydrogens (tertiary/aromatic N) is 1. The minimum atomic E-state index is 0.0622. The summed E-state index contributed by atoms with van der Waals surface area (Å²) >= 11 is 5.89. The minimum absolute atomic E-state index is 0.0622. The van der Waals surface area contributed by atoms with Crippen molar-refractivity contribution in [1.82, 2.24) is 10.2 Å². The van der Waals surface area contributed by atoms with Gasteiger partial charge in [0.2, 0.25) is 0 Å². The van der Waals surface area contributed by atoms with Crippen molar-refractivity contribution in [3.05, 3.63) is 28.8 Å². The average molecular weight is 280 g/mol. The largest absolute Gasteiger partial charge is 0.398 e. The second-order valence-electron chi connectivity index (χ2n) is 5.64. The van der Waals surface area contributed by atoms with E-state index in [1.165, 1.54) is 6.42 Å². The van der Waals surface area contributed by atoms with E-state index < -0.39 is 0 Å². The summed E-state index contributed by atoms with van der Waals surface area (Å²) in [5.41, 5.74) is 7.15. The highest BCUT2D eigenvalue weighted by Crippen LogP contribution is 2.36. The van der Waals surface area contributed by atoms with Gasteiger partial charge in [0.15, 0.2) is 0 Å². The summed E-state index contributed by atoms with van der Waals surface area (Å²) in [6.45, 7) is 3.78. The summed E-state index contributed by atoms with van der Waals surface area (Å²) in [6.07, 6.45) is 2.26. The zero-order valence-corrected chi connectivity index (χ0v) is 11.5. The molecule has 0 saturated carbocycles. The lowest BCUT2D eigenvalue weighted by atomic mass is 9.86.